The predicted octanol–water partition coefficient (Wildman–Crippen LogP) is 6.92. The minimum absolute atomic E-state index is 0.0909. The van der Waals surface area contributed by atoms with Crippen molar-refractivity contribution in [1.82, 2.24) is 0 Å². The molecule has 0 aromatic rings. The molecule has 2 N–H and O–H groups in total. The van der Waals surface area contributed by atoms with E-state index in [2.05, 4.69) is 27.7 Å². The average molecular weight is 373 g/mol. The fraction of sp³-hybridized carbons (Fsp3) is 0.909. The zero-order valence-electron chi connectivity index (χ0n) is 17.8. The highest BCUT2D eigenvalue weighted by Crippen LogP contribution is 2.17. The van der Waals surface area contributed by atoms with Crippen LogP contribution in [0.15, 0.2) is 0 Å². The zero-order chi connectivity index (χ0) is 20.2. The van der Waals surface area contributed by atoms with E-state index >= 15 is 0 Å². The minimum atomic E-state index is -0.668. The van der Waals surface area contributed by atoms with Crippen molar-refractivity contribution >= 4 is 11.9 Å². The molecule has 0 rings (SSSR count). The van der Waals surface area contributed by atoms with Gasteiger partial charge in [-0.2, -0.15) is 0 Å². The monoisotopic (exact) mass is 372 g/mol. The molecule has 0 saturated heterocycles. The van der Waals surface area contributed by atoms with E-state index in [1.807, 2.05) is 0 Å². The maximum atomic E-state index is 10.9. The molecular formula is C22H44O4. The van der Waals surface area contributed by atoms with Gasteiger partial charge >= 0.3 is 11.9 Å². The Morgan fingerprint density at radius 3 is 1.69 bits per heavy atom. The molecule has 0 aromatic heterocycles. The number of rotatable bonds is 16. The van der Waals surface area contributed by atoms with Crippen molar-refractivity contribution in [1.29, 1.82) is 0 Å². The predicted molar refractivity (Wildman–Crippen MR) is 110 cm³/mol. The lowest BCUT2D eigenvalue weighted by Gasteiger charge is -2.10. The maximum Gasteiger partial charge on any atom is 0.306 e. The topological polar surface area (TPSA) is 74.6 Å². The summed E-state index contributed by atoms with van der Waals surface area (Å²) in [7, 11) is 0. The molecule has 0 bridgehead atoms. The Bertz CT molecular complexity index is 326. The summed E-state index contributed by atoms with van der Waals surface area (Å²) in [6, 6.07) is 0. The summed E-state index contributed by atoms with van der Waals surface area (Å²) < 4.78 is 0. The normalized spacial score (nSPS) is 11.7. The number of aliphatic carboxylic acids is 2. The number of hydrogen-bond donors (Lipinski definition) is 2. The molecule has 26 heavy (non-hydrogen) atoms. The molecule has 0 aliphatic rings. The maximum absolute atomic E-state index is 10.9. The van der Waals surface area contributed by atoms with Crippen molar-refractivity contribution < 1.29 is 19.8 Å². The lowest BCUT2D eigenvalue weighted by molar-refractivity contribution is -0.142. The number of carboxylic acid groups (broad SMARTS) is 2. The molecule has 156 valence electrons. The third-order valence-corrected chi connectivity index (χ3v) is 4.58. The zero-order valence-corrected chi connectivity index (χ0v) is 17.8. The molecule has 1 unspecified atom stereocenters. The Hall–Kier alpha value is -1.06. The van der Waals surface area contributed by atoms with Crippen LogP contribution in [0.25, 0.3) is 0 Å². The Kier molecular flexibility index (Phi) is 21.2. The summed E-state index contributed by atoms with van der Waals surface area (Å²) in [5.41, 5.74) is 0. The lowest BCUT2D eigenvalue weighted by atomic mass is 9.95. The fourth-order valence-electron chi connectivity index (χ4n) is 2.84. The number of carboxylic acids is 2. The first-order valence-corrected chi connectivity index (χ1v) is 10.8. The van der Waals surface area contributed by atoms with Crippen LogP contribution in [0, 0.1) is 11.8 Å². The average Bonchev–Trinajstić information content (AvgIpc) is 2.57. The van der Waals surface area contributed by atoms with Crippen LogP contribution < -0.4 is 0 Å². The Morgan fingerprint density at radius 1 is 0.692 bits per heavy atom. The Morgan fingerprint density at radius 2 is 1.19 bits per heavy atom. The van der Waals surface area contributed by atoms with Crippen LogP contribution in [0.2, 0.25) is 0 Å². The minimum Gasteiger partial charge on any atom is -0.481 e. The van der Waals surface area contributed by atoms with Gasteiger partial charge in [0.1, 0.15) is 0 Å². The third kappa shape index (κ3) is 22.9. The number of carbonyl (C=O) groups is 2. The van der Waals surface area contributed by atoms with Crippen LogP contribution in [0.4, 0.5) is 0 Å². The summed E-state index contributed by atoms with van der Waals surface area (Å²) in [6.45, 7) is 8.72. The van der Waals surface area contributed by atoms with E-state index in [1.54, 1.807) is 0 Å². The van der Waals surface area contributed by atoms with Gasteiger partial charge in [0, 0.05) is 6.42 Å². The van der Waals surface area contributed by atoms with Crippen molar-refractivity contribution in [2.45, 2.75) is 118 Å². The van der Waals surface area contributed by atoms with Gasteiger partial charge in [-0.25, -0.2) is 0 Å². The molecule has 0 saturated carbocycles. The number of hydrogen-bond acceptors (Lipinski definition) is 2. The molecule has 0 fully saturated rings. The molecule has 4 heteroatoms. The molecule has 4 nitrogen and oxygen atoms in total. The highest BCUT2D eigenvalue weighted by Gasteiger charge is 2.15. The van der Waals surface area contributed by atoms with E-state index in [4.69, 9.17) is 10.2 Å². The SMILES string of the molecule is CC(C)CCCCCCC(=O)O.CCCCCCC(CCCC)C(=O)O. The second-order valence-electron chi connectivity index (χ2n) is 7.77. The molecular weight excluding hydrogens is 328 g/mol. The Labute approximate surface area is 161 Å². The smallest absolute Gasteiger partial charge is 0.306 e. The van der Waals surface area contributed by atoms with E-state index < -0.39 is 11.9 Å². The van der Waals surface area contributed by atoms with E-state index in [1.165, 1.54) is 38.5 Å². The van der Waals surface area contributed by atoms with Crippen LogP contribution in [0.5, 0.6) is 0 Å². The van der Waals surface area contributed by atoms with Crippen LogP contribution in [0.1, 0.15) is 118 Å². The molecule has 0 aliphatic carbocycles. The van der Waals surface area contributed by atoms with Gasteiger partial charge in [-0.15, -0.1) is 0 Å². The van der Waals surface area contributed by atoms with Crippen molar-refractivity contribution in [2.75, 3.05) is 0 Å². The molecule has 0 spiro atoms. The highest BCUT2D eigenvalue weighted by molar-refractivity contribution is 5.69. The van der Waals surface area contributed by atoms with Crippen molar-refractivity contribution in [3.8, 4) is 0 Å². The standard InChI is InChI=1S/C12H24O2.C10H20O2/c1-3-5-7-8-10-11(12(13)14)9-6-4-2;1-9(2)7-5-3-4-6-8-10(11)12/h11H,3-10H2,1-2H3,(H,13,14);9H,3-8H2,1-2H3,(H,11,12). The van der Waals surface area contributed by atoms with Gasteiger partial charge in [-0.1, -0.05) is 91.9 Å². The lowest BCUT2D eigenvalue weighted by Crippen LogP contribution is -2.13. The summed E-state index contributed by atoms with van der Waals surface area (Å²) in [5, 5.41) is 17.3. The Balaban J connectivity index is 0. The van der Waals surface area contributed by atoms with Gasteiger partial charge in [0.15, 0.2) is 0 Å². The molecule has 1 atom stereocenters. The quantitative estimate of drug-likeness (QED) is 0.288. The summed E-state index contributed by atoms with van der Waals surface area (Å²) in [6.07, 6.45) is 14.5. The number of unbranched alkanes of at least 4 members (excludes halogenated alkanes) is 7. The molecule has 0 aliphatic heterocycles. The van der Waals surface area contributed by atoms with Gasteiger partial charge < -0.3 is 10.2 Å². The summed E-state index contributed by atoms with van der Waals surface area (Å²) >= 11 is 0. The van der Waals surface area contributed by atoms with Crippen LogP contribution in [-0.2, 0) is 9.59 Å². The van der Waals surface area contributed by atoms with E-state index in [9.17, 15) is 9.59 Å². The molecule has 0 aromatic carbocycles. The van der Waals surface area contributed by atoms with Gasteiger partial charge in [0.05, 0.1) is 5.92 Å². The van der Waals surface area contributed by atoms with Gasteiger partial charge in [-0.05, 0) is 25.2 Å². The molecule has 0 heterocycles. The first-order chi connectivity index (χ1) is 12.3. The second-order valence-corrected chi connectivity index (χ2v) is 7.77. The molecule has 0 amide bonds. The van der Waals surface area contributed by atoms with Crippen LogP contribution >= 0.6 is 0 Å². The van der Waals surface area contributed by atoms with Crippen LogP contribution in [0.3, 0.4) is 0 Å². The summed E-state index contributed by atoms with van der Waals surface area (Å²) in [5.74, 6) is -0.579. The highest BCUT2D eigenvalue weighted by atomic mass is 16.4. The third-order valence-electron chi connectivity index (χ3n) is 4.58. The first kappa shape index (κ1) is 27.2. The van der Waals surface area contributed by atoms with Crippen molar-refractivity contribution in [3.63, 3.8) is 0 Å². The van der Waals surface area contributed by atoms with Crippen molar-refractivity contribution in [2.24, 2.45) is 11.8 Å². The largest absolute Gasteiger partial charge is 0.481 e. The fourth-order valence-corrected chi connectivity index (χ4v) is 2.84. The van der Waals surface area contributed by atoms with E-state index in [-0.39, 0.29) is 5.92 Å². The summed E-state index contributed by atoms with van der Waals surface area (Å²) in [4.78, 5) is 21.0. The van der Waals surface area contributed by atoms with Crippen LogP contribution in [-0.4, -0.2) is 22.2 Å². The second kappa shape index (κ2) is 20.3. The van der Waals surface area contributed by atoms with E-state index in [0.29, 0.717) is 6.42 Å². The molecule has 0 radical (unpaired) electrons. The van der Waals surface area contributed by atoms with Gasteiger partial charge in [0.25, 0.3) is 0 Å². The van der Waals surface area contributed by atoms with E-state index in [0.717, 1.165) is 50.9 Å². The van der Waals surface area contributed by atoms with Gasteiger partial charge in [-0.3, -0.25) is 9.59 Å². The van der Waals surface area contributed by atoms with Crippen molar-refractivity contribution in [3.05, 3.63) is 0 Å². The van der Waals surface area contributed by atoms with Gasteiger partial charge in [0.2, 0.25) is 0 Å². The first-order valence-electron chi connectivity index (χ1n) is 10.8.